The summed E-state index contributed by atoms with van der Waals surface area (Å²) in [5, 5.41) is 10.3. The molecule has 0 radical (unpaired) electrons. The average Bonchev–Trinajstić information content (AvgIpc) is 2.92. The molecule has 1 atom stereocenters. The van der Waals surface area contributed by atoms with E-state index in [-0.39, 0.29) is 11.8 Å². The van der Waals surface area contributed by atoms with Gasteiger partial charge in [-0.25, -0.2) is 0 Å². The molecule has 1 heterocycles. The molecule has 18 heavy (non-hydrogen) atoms. The highest BCUT2D eigenvalue weighted by Gasteiger charge is 2.11. The van der Waals surface area contributed by atoms with Crippen molar-refractivity contribution in [3.8, 4) is 5.69 Å². The molecule has 0 aliphatic carbocycles. The number of amides is 1. The smallest absolute Gasteiger partial charge is 0.228 e. The minimum atomic E-state index is -0.217. The Morgan fingerprint density at radius 1 is 1.44 bits per heavy atom. The lowest BCUT2D eigenvalue weighted by atomic mass is 10.2. The molecule has 0 aliphatic rings. The van der Waals surface area contributed by atoms with Crippen molar-refractivity contribution in [3.63, 3.8) is 0 Å². The van der Waals surface area contributed by atoms with Gasteiger partial charge in [0.2, 0.25) is 5.91 Å². The van der Waals surface area contributed by atoms with E-state index in [4.69, 9.17) is 11.6 Å². The monoisotopic (exact) mass is 264 g/mol. The standard InChI is InChI=1S/C12H13ClN4O/c1-9(6-13)12(18)16-10-3-2-4-11(5-10)17-7-14-15-8-17/h2-5,7-9H,6H2,1H3,(H,16,18). The van der Waals surface area contributed by atoms with Crippen molar-refractivity contribution >= 4 is 23.2 Å². The topological polar surface area (TPSA) is 59.8 Å². The van der Waals surface area contributed by atoms with Crippen LogP contribution in [0.4, 0.5) is 5.69 Å². The second kappa shape index (κ2) is 5.64. The van der Waals surface area contributed by atoms with E-state index in [1.54, 1.807) is 24.1 Å². The van der Waals surface area contributed by atoms with Crippen LogP contribution in [0.3, 0.4) is 0 Å². The van der Waals surface area contributed by atoms with Gasteiger partial charge in [-0.3, -0.25) is 9.36 Å². The molecule has 0 saturated carbocycles. The summed E-state index contributed by atoms with van der Waals surface area (Å²) in [6.45, 7) is 1.78. The van der Waals surface area contributed by atoms with Crippen LogP contribution in [0, 0.1) is 5.92 Å². The van der Waals surface area contributed by atoms with Crippen LogP contribution in [-0.4, -0.2) is 26.6 Å². The third-order valence-corrected chi connectivity index (χ3v) is 2.97. The third-order valence-electron chi connectivity index (χ3n) is 2.51. The molecule has 0 bridgehead atoms. The number of benzene rings is 1. The van der Waals surface area contributed by atoms with Crippen molar-refractivity contribution in [1.29, 1.82) is 0 Å². The molecular formula is C12H13ClN4O. The quantitative estimate of drug-likeness (QED) is 0.860. The molecule has 0 saturated heterocycles. The molecule has 1 aromatic heterocycles. The van der Waals surface area contributed by atoms with Crippen LogP contribution in [0.5, 0.6) is 0 Å². The first-order chi connectivity index (χ1) is 8.70. The van der Waals surface area contributed by atoms with Gasteiger partial charge in [-0.2, -0.15) is 0 Å². The van der Waals surface area contributed by atoms with Crippen LogP contribution in [-0.2, 0) is 4.79 Å². The molecule has 2 rings (SSSR count). The molecular weight excluding hydrogens is 252 g/mol. The summed E-state index contributed by atoms with van der Waals surface area (Å²) in [6, 6.07) is 7.44. The number of nitrogens with one attached hydrogen (secondary N) is 1. The second-order valence-corrected chi connectivity index (χ2v) is 4.27. The SMILES string of the molecule is CC(CCl)C(=O)Nc1cccc(-n2cnnc2)c1. The number of nitrogens with zero attached hydrogens (tertiary/aromatic N) is 3. The molecule has 0 fully saturated rings. The summed E-state index contributed by atoms with van der Waals surface area (Å²) in [5.74, 6) is -0.00658. The zero-order valence-corrected chi connectivity index (χ0v) is 10.6. The third kappa shape index (κ3) is 2.87. The van der Waals surface area contributed by atoms with Gasteiger partial charge in [-0.05, 0) is 18.2 Å². The lowest BCUT2D eigenvalue weighted by Crippen LogP contribution is -2.21. The molecule has 94 valence electrons. The van der Waals surface area contributed by atoms with Crippen LogP contribution >= 0.6 is 11.6 Å². The first kappa shape index (κ1) is 12.6. The molecule has 2 aromatic rings. The van der Waals surface area contributed by atoms with Crippen molar-refractivity contribution in [3.05, 3.63) is 36.9 Å². The number of rotatable bonds is 4. The van der Waals surface area contributed by atoms with E-state index in [0.29, 0.717) is 5.88 Å². The summed E-state index contributed by atoms with van der Waals surface area (Å²) in [6.07, 6.45) is 3.20. The Morgan fingerprint density at radius 2 is 2.17 bits per heavy atom. The van der Waals surface area contributed by atoms with Gasteiger partial charge in [0.05, 0.1) is 5.69 Å². The Morgan fingerprint density at radius 3 is 2.83 bits per heavy atom. The molecule has 1 amide bonds. The van der Waals surface area contributed by atoms with E-state index in [9.17, 15) is 4.79 Å². The zero-order valence-electron chi connectivity index (χ0n) is 9.88. The van der Waals surface area contributed by atoms with E-state index >= 15 is 0 Å². The van der Waals surface area contributed by atoms with Gasteiger partial charge in [-0.1, -0.05) is 13.0 Å². The fourth-order valence-corrected chi connectivity index (χ4v) is 1.55. The van der Waals surface area contributed by atoms with E-state index in [1.807, 2.05) is 24.3 Å². The molecule has 0 spiro atoms. The fraction of sp³-hybridized carbons (Fsp3) is 0.250. The highest BCUT2D eigenvalue weighted by atomic mass is 35.5. The number of hydrogen-bond donors (Lipinski definition) is 1. The number of halogens is 1. The van der Waals surface area contributed by atoms with Crippen LogP contribution in [0.25, 0.3) is 5.69 Å². The van der Waals surface area contributed by atoms with Gasteiger partial charge in [0, 0.05) is 17.5 Å². The first-order valence-electron chi connectivity index (χ1n) is 5.52. The predicted molar refractivity (Wildman–Crippen MR) is 69.9 cm³/mol. The van der Waals surface area contributed by atoms with E-state index < -0.39 is 0 Å². The summed E-state index contributed by atoms with van der Waals surface area (Å²) in [4.78, 5) is 11.7. The minimum Gasteiger partial charge on any atom is -0.326 e. The van der Waals surface area contributed by atoms with Crippen molar-refractivity contribution < 1.29 is 4.79 Å². The second-order valence-electron chi connectivity index (χ2n) is 3.96. The van der Waals surface area contributed by atoms with Gasteiger partial charge in [0.25, 0.3) is 0 Å². The van der Waals surface area contributed by atoms with Crippen LogP contribution < -0.4 is 5.32 Å². The normalized spacial score (nSPS) is 12.1. The summed E-state index contributed by atoms with van der Waals surface area (Å²) >= 11 is 5.64. The van der Waals surface area contributed by atoms with E-state index in [2.05, 4.69) is 15.5 Å². The largest absolute Gasteiger partial charge is 0.326 e. The molecule has 5 nitrogen and oxygen atoms in total. The Bertz CT molecular complexity index is 527. The minimum absolute atomic E-state index is 0.0918. The van der Waals surface area contributed by atoms with Crippen LogP contribution in [0.2, 0.25) is 0 Å². The molecule has 6 heteroatoms. The highest BCUT2D eigenvalue weighted by Crippen LogP contribution is 2.15. The number of aromatic nitrogens is 3. The molecule has 1 unspecified atom stereocenters. The maximum Gasteiger partial charge on any atom is 0.228 e. The molecule has 0 aliphatic heterocycles. The number of carbonyl (C=O) groups is 1. The predicted octanol–water partition coefficient (Wildman–Crippen LogP) is 2.08. The van der Waals surface area contributed by atoms with Crippen LogP contribution in [0.15, 0.2) is 36.9 Å². The van der Waals surface area contributed by atoms with Crippen LogP contribution in [0.1, 0.15) is 6.92 Å². The first-order valence-corrected chi connectivity index (χ1v) is 6.06. The Hall–Kier alpha value is -1.88. The molecule has 1 aromatic carbocycles. The number of anilines is 1. The number of carbonyl (C=O) groups excluding carboxylic acids is 1. The van der Waals surface area contributed by atoms with Crippen molar-refractivity contribution in [2.75, 3.05) is 11.2 Å². The zero-order chi connectivity index (χ0) is 13.0. The Kier molecular flexibility index (Phi) is 3.94. The maximum absolute atomic E-state index is 11.7. The Balaban J connectivity index is 2.16. The van der Waals surface area contributed by atoms with E-state index in [1.165, 1.54) is 0 Å². The maximum atomic E-state index is 11.7. The fourth-order valence-electron chi connectivity index (χ4n) is 1.41. The van der Waals surface area contributed by atoms with Crippen molar-refractivity contribution in [2.45, 2.75) is 6.92 Å². The molecule has 1 N–H and O–H groups in total. The van der Waals surface area contributed by atoms with Crippen molar-refractivity contribution in [2.24, 2.45) is 5.92 Å². The lowest BCUT2D eigenvalue weighted by molar-refractivity contribution is -0.118. The Labute approximate surface area is 110 Å². The lowest BCUT2D eigenvalue weighted by Gasteiger charge is -2.10. The number of hydrogen-bond acceptors (Lipinski definition) is 3. The van der Waals surface area contributed by atoms with Gasteiger partial charge >= 0.3 is 0 Å². The van der Waals surface area contributed by atoms with Gasteiger partial charge in [0.15, 0.2) is 0 Å². The highest BCUT2D eigenvalue weighted by molar-refractivity contribution is 6.19. The average molecular weight is 265 g/mol. The summed E-state index contributed by atoms with van der Waals surface area (Å²) in [7, 11) is 0. The van der Waals surface area contributed by atoms with E-state index in [0.717, 1.165) is 11.4 Å². The summed E-state index contributed by atoms with van der Waals surface area (Å²) < 4.78 is 1.76. The van der Waals surface area contributed by atoms with Gasteiger partial charge in [0.1, 0.15) is 12.7 Å². The summed E-state index contributed by atoms with van der Waals surface area (Å²) in [5.41, 5.74) is 1.61. The van der Waals surface area contributed by atoms with Gasteiger partial charge in [-0.15, -0.1) is 21.8 Å². The van der Waals surface area contributed by atoms with Gasteiger partial charge < -0.3 is 5.32 Å². The number of alkyl halides is 1. The van der Waals surface area contributed by atoms with Crippen molar-refractivity contribution in [1.82, 2.24) is 14.8 Å².